The number of Topliss-reactive ketones (excluding diaryl/α,β-unsaturated/α-hetero) is 3. The van der Waals surface area contributed by atoms with E-state index < -0.39 is 23.3 Å². The van der Waals surface area contributed by atoms with Gasteiger partial charge in [-0.05, 0) is 24.3 Å². The van der Waals surface area contributed by atoms with Crippen LogP contribution >= 0.6 is 0 Å². The van der Waals surface area contributed by atoms with Gasteiger partial charge in [0.15, 0.2) is 5.78 Å². The van der Waals surface area contributed by atoms with Crippen molar-refractivity contribution in [3.8, 4) is 0 Å². The number of aromatic nitrogens is 4. The molecule has 0 aliphatic carbocycles. The molecule has 15 heteroatoms. The fraction of sp³-hybridized carbons (Fsp3) is 0.0952. The number of nitrogens with zero attached hydrogens (tertiary/aromatic N) is 2. The number of carboxylic acid groups (broad SMARTS) is 1. The number of carbonyl (C=O) groups excluding carboxylic acids is 5. The Morgan fingerprint density at radius 1 is 0.889 bits per heavy atom. The zero-order valence-corrected chi connectivity index (χ0v) is 28.7. The molecular formula is C21H18K3N4O8. The summed E-state index contributed by atoms with van der Waals surface area (Å²) in [4.78, 5) is 68.5. The van der Waals surface area contributed by atoms with Gasteiger partial charge in [0.05, 0.1) is 11.1 Å². The van der Waals surface area contributed by atoms with Crippen molar-refractivity contribution < 1.29 is 142 Å². The van der Waals surface area contributed by atoms with Gasteiger partial charge in [0.25, 0.3) is 6.47 Å². The number of aromatic amines is 2. The Morgan fingerprint density at radius 2 is 1.28 bits per heavy atom. The molecule has 4 aromatic heterocycles. The van der Waals surface area contributed by atoms with Crippen molar-refractivity contribution in [3.63, 3.8) is 0 Å². The van der Waals surface area contributed by atoms with E-state index in [1.165, 1.54) is 19.3 Å². The van der Waals surface area contributed by atoms with Crippen LogP contribution in [0.15, 0.2) is 49.1 Å². The first-order chi connectivity index (χ1) is 15.3. The van der Waals surface area contributed by atoms with Crippen LogP contribution in [0.2, 0.25) is 0 Å². The average Bonchev–Trinajstić information content (AvgIpc) is 3.43. The van der Waals surface area contributed by atoms with Crippen molar-refractivity contribution in [2.24, 2.45) is 0 Å². The first-order valence-electron chi connectivity index (χ1n) is 8.69. The summed E-state index contributed by atoms with van der Waals surface area (Å²) in [5.41, 5.74) is 1.57. The smallest absolute Gasteiger partial charge is 0.662 e. The fourth-order valence-corrected chi connectivity index (χ4v) is 2.59. The second kappa shape index (κ2) is 21.1. The van der Waals surface area contributed by atoms with E-state index in [4.69, 9.17) is 10.1 Å². The van der Waals surface area contributed by atoms with Gasteiger partial charge >= 0.3 is 103 Å². The minimum atomic E-state index is -1.71. The second-order valence-corrected chi connectivity index (χ2v) is 5.90. The Balaban J connectivity index is -0.000000481. The predicted molar refractivity (Wildman–Crippen MR) is 116 cm³/mol. The zero-order chi connectivity index (χ0) is 23.7. The van der Waals surface area contributed by atoms with Gasteiger partial charge in [0.1, 0.15) is 17.3 Å². The van der Waals surface area contributed by atoms with E-state index in [-0.39, 0.29) is 174 Å². The van der Waals surface area contributed by atoms with Crippen LogP contribution < -0.4 is 113 Å². The number of pyridine rings is 2. The number of rotatable bonds is 5. The van der Waals surface area contributed by atoms with Crippen molar-refractivity contribution in [2.45, 2.75) is 14.4 Å². The number of carboxylic acids is 1. The maximum Gasteiger partial charge on any atom is 1.00 e. The summed E-state index contributed by atoms with van der Waals surface area (Å²) in [6.07, 6.45) is 6.00. The molecule has 0 bridgehead atoms. The number of ketones is 3. The van der Waals surface area contributed by atoms with Crippen molar-refractivity contribution in [1.29, 1.82) is 0 Å². The largest absolute Gasteiger partial charge is 1.00 e. The number of H-pyrrole nitrogens is 2. The van der Waals surface area contributed by atoms with Crippen molar-refractivity contribution in [2.75, 3.05) is 0 Å². The molecule has 0 fully saturated rings. The summed E-state index contributed by atoms with van der Waals surface area (Å²) >= 11 is 0. The standard InChI is InChI=1S/C10H8N2O2.C9H6N2O3.CH2O3.CH4.3K/c1-6(13)9(14)8-5-12-10-7(8)3-2-4-11-10;12-7(9(13)14)6-4-11-8-5(6)2-1-3-10-8;2-1-4-3;;;;/h2-5H,1H3,(H,11,12);1-4H,(H,10,11)(H,13,14);1,3H;1H4;;;/q;;;;;2*+1/p-2. The third-order valence-electron chi connectivity index (χ3n) is 3.94. The molecule has 0 unspecified atom stereocenters. The molecule has 0 aliphatic rings. The van der Waals surface area contributed by atoms with Crippen LogP contribution in [0.5, 0.6) is 0 Å². The van der Waals surface area contributed by atoms with Crippen LogP contribution in [-0.2, 0) is 19.3 Å². The molecule has 0 saturated heterocycles. The first kappa shape index (κ1) is 40.7. The Bertz CT molecular complexity index is 1210. The molecule has 4 aromatic rings. The maximum absolute atomic E-state index is 11.4. The minimum absolute atomic E-state index is 0. The Kier molecular flexibility index (Phi) is 23.8. The number of hydrogen-bond donors (Lipinski definition) is 2. The van der Waals surface area contributed by atoms with Gasteiger partial charge in [0, 0.05) is 93.9 Å². The normalized spacial score (nSPS) is 8.61. The number of fused-ring (bicyclic) bond motifs is 2. The summed E-state index contributed by atoms with van der Waals surface area (Å²) in [7, 11) is 0. The Hall–Kier alpha value is 0.199. The molecule has 2 N–H and O–H groups in total. The van der Waals surface area contributed by atoms with Crippen molar-refractivity contribution in [3.05, 3.63) is 60.2 Å². The monoisotopic (exact) mass is 571 g/mol. The average molecular weight is 572 g/mol. The molecule has 1 radical (unpaired) electrons. The zero-order valence-electron chi connectivity index (χ0n) is 19.4. The summed E-state index contributed by atoms with van der Waals surface area (Å²) in [5.74, 6) is -3.70. The molecule has 12 nitrogen and oxygen atoms in total. The Labute approximate surface area is 332 Å². The molecule has 4 heterocycles. The van der Waals surface area contributed by atoms with Crippen LogP contribution in [0, 0.1) is 0 Å². The van der Waals surface area contributed by atoms with E-state index in [1.807, 2.05) is 0 Å². The third kappa shape index (κ3) is 11.5. The topological polar surface area (TPSA) is 198 Å². The van der Waals surface area contributed by atoms with E-state index in [0.717, 1.165) is 0 Å². The molecule has 0 aliphatic heterocycles. The van der Waals surface area contributed by atoms with E-state index in [1.54, 1.807) is 36.7 Å². The van der Waals surface area contributed by atoms with Gasteiger partial charge in [-0.15, -0.1) is 0 Å². The Morgan fingerprint density at radius 3 is 1.61 bits per heavy atom. The second-order valence-electron chi connectivity index (χ2n) is 5.90. The van der Waals surface area contributed by atoms with Gasteiger partial charge in [-0.25, -0.2) is 9.97 Å². The number of hydrogen-bond acceptors (Lipinski definition) is 10. The maximum atomic E-state index is 11.4. The van der Waals surface area contributed by atoms with Gasteiger partial charge in [-0.2, -0.15) is 0 Å². The van der Waals surface area contributed by atoms with E-state index in [2.05, 4.69) is 24.8 Å². The molecule has 0 aromatic carbocycles. The van der Waals surface area contributed by atoms with Gasteiger partial charge in [-0.3, -0.25) is 19.2 Å². The number of aliphatic carboxylic acids is 1. The van der Waals surface area contributed by atoms with E-state index >= 15 is 0 Å². The van der Waals surface area contributed by atoms with Crippen LogP contribution in [0.4, 0.5) is 0 Å². The molecule has 173 valence electrons. The summed E-state index contributed by atoms with van der Waals surface area (Å²) in [6, 6.07) is 6.74. The molecule has 0 spiro atoms. The van der Waals surface area contributed by atoms with Crippen LogP contribution in [0.1, 0.15) is 35.1 Å². The molecule has 0 atom stereocenters. The number of carbonyl (C=O) groups is 5. The van der Waals surface area contributed by atoms with Crippen LogP contribution in [-0.4, -0.2) is 101 Å². The van der Waals surface area contributed by atoms with E-state index in [9.17, 15) is 24.3 Å². The predicted octanol–water partition coefficient (Wildman–Crippen LogP) is -6.47. The molecular weight excluding hydrogens is 554 g/mol. The van der Waals surface area contributed by atoms with Crippen LogP contribution in [0.25, 0.3) is 22.1 Å². The van der Waals surface area contributed by atoms with Gasteiger partial charge in [0.2, 0.25) is 11.6 Å². The van der Waals surface area contributed by atoms with Crippen molar-refractivity contribution >= 4 is 103 Å². The number of nitrogens with one attached hydrogen (secondary N) is 2. The quantitative estimate of drug-likeness (QED) is 0.0580. The van der Waals surface area contributed by atoms with Crippen molar-refractivity contribution in [1.82, 2.24) is 19.9 Å². The summed E-state index contributed by atoms with van der Waals surface area (Å²) < 4.78 is 0. The SMILES string of the molecule is C.CC(=O)C(=O)c1c[nH]c2ncccc12.O=C([O-])C(=O)c1c[nH]c2ncccc12.O=CO[O-].[K+].[K+].[K]. The van der Waals surface area contributed by atoms with Gasteiger partial charge in [-0.1, -0.05) is 7.43 Å². The summed E-state index contributed by atoms with van der Waals surface area (Å²) in [5, 5.41) is 20.0. The van der Waals surface area contributed by atoms with E-state index in [0.29, 0.717) is 27.6 Å². The molecule has 36 heavy (non-hydrogen) atoms. The fourth-order valence-electron chi connectivity index (χ4n) is 2.59. The summed E-state index contributed by atoms with van der Waals surface area (Å²) in [6.45, 7) is 1.08. The van der Waals surface area contributed by atoms with Gasteiger partial charge < -0.3 is 30.0 Å². The molecule has 0 amide bonds. The third-order valence-corrected chi connectivity index (χ3v) is 3.94. The first-order valence-corrected chi connectivity index (χ1v) is 8.69. The van der Waals surface area contributed by atoms with Crippen LogP contribution in [0.3, 0.4) is 0 Å². The molecule has 4 rings (SSSR count). The molecule has 0 saturated carbocycles. The minimum Gasteiger partial charge on any atom is -0.662 e.